The number of pyridine rings is 1. The van der Waals surface area contributed by atoms with Crippen LogP contribution in [0, 0.1) is 0 Å². The lowest BCUT2D eigenvalue weighted by Gasteiger charge is -2.10. The summed E-state index contributed by atoms with van der Waals surface area (Å²) in [6.07, 6.45) is 3.04. The third-order valence-corrected chi connectivity index (χ3v) is 4.04. The van der Waals surface area contributed by atoms with E-state index in [0.29, 0.717) is 33.5 Å². The van der Waals surface area contributed by atoms with Crippen LogP contribution < -0.4 is 10.1 Å². The molecular formula is C19H13ClN4O4. The van der Waals surface area contributed by atoms with E-state index < -0.39 is 0 Å². The van der Waals surface area contributed by atoms with Crippen molar-refractivity contribution in [3.63, 3.8) is 0 Å². The van der Waals surface area contributed by atoms with E-state index in [1.165, 1.54) is 25.6 Å². The van der Waals surface area contributed by atoms with Crippen LogP contribution in [0.1, 0.15) is 10.4 Å². The number of halogens is 1. The van der Waals surface area contributed by atoms with E-state index in [0.717, 1.165) is 0 Å². The number of methoxy groups -OCH3 is 1. The van der Waals surface area contributed by atoms with Crippen molar-refractivity contribution in [2.24, 2.45) is 0 Å². The molecule has 9 heteroatoms. The molecule has 0 bridgehead atoms. The molecule has 0 saturated carbocycles. The molecule has 1 amide bonds. The molecule has 1 N–H and O–H groups in total. The van der Waals surface area contributed by atoms with Gasteiger partial charge in [0.15, 0.2) is 5.76 Å². The molecule has 4 aromatic rings. The first-order valence-corrected chi connectivity index (χ1v) is 8.50. The molecule has 3 aromatic heterocycles. The molecule has 28 heavy (non-hydrogen) atoms. The number of benzene rings is 1. The molecule has 0 saturated heterocycles. The van der Waals surface area contributed by atoms with Crippen molar-refractivity contribution in [3.8, 4) is 29.0 Å². The summed E-state index contributed by atoms with van der Waals surface area (Å²) in [6, 6.07) is 11.5. The number of carbonyl (C=O) groups excluding carboxylic acids is 1. The smallest absolute Gasteiger partial charge is 0.283 e. The van der Waals surface area contributed by atoms with Crippen LogP contribution in [0.2, 0.25) is 5.02 Å². The van der Waals surface area contributed by atoms with E-state index in [2.05, 4.69) is 20.5 Å². The Kier molecular flexibility index (Phi) is 4.77. The molecule has 0 unspecified atom stereocenters. The van der Waals surface area contributed by atoms with Crippen LogP contribution >= 0.6 is 11.6 Å². The lowest BCUT2D eigenvalue weighted by Crippen LogP contribution is -2.13. The zero-order valence-corrected chi connectivity index (χ0v) is 15.3. The number of amides is 1. The first kappa shape index (κ1) is 17.7. The van der Waals surface area contributed by atoms with Crippen molar-refractivity contribution in [1.82, 2.24) is 15.2 Å². The van der Waals surface area contributed by atoms with E-state index in [1.54, 1.807) is 36.4 Å². The van der Waals surface area contributed by atoms with Crippen molar-refractivity contribution in [1.29, 1.82) is 0 Å². The average molecular weight is 397 g/mol. The Hall–Kier alpha value is -3.65. The first-order valence-electron chi connectivity index (χ1n) is 8.13. The van der Waals surface area contributed by atoms with Gasteiger partial charge in [-0.25, -0.2) is 0 Å². The van der Waals surface area contributed by atoms with Crippen LogP contribution in [0.3, 0.4) is 0 Å². The average Bonchev–Trinajstić information content (AvgIpc) is 3.40. The fraction of sp³-hybridized carbons (Fsp3) is 0.0526. The first-order chi connectivity index (χ1) is 13.6. The SMILES string of the molecule is COc1ccc(Cl)cc1C(=O)Nc1ccnc(-c2nnc(-c3ccco3)o2)c1. The fourth-order valence-corrected chi connectivity index (χ4v) is 2.68. The standard InChI is InChI=1S/C19H13ClN4O4/c1-26-15-5-4-11(20)9-13(15)17(25)22-12-6-7-21-14(10-12)18-23-24-19(28-18)16-3-2-8-27-16/h2-10H,1H3,(H,21,22,25). The minimum atomic E-state index is -0.377. The van der Waals surface area contributed by atoms with Gasteiger partial charge in [-0.1, -0.05) is 11.6 Å². The Balaban J connectivity index is 1.58. The second kappa shape index (κ2) is 7.53. The summed E-state index contributed by atoms with van der Waals surface area (Å²) >= 11 is 5.99. The van der Waals surface area contributed by atoms with Gasteiger partial charge >= 0.3 is 0 Å². The van der Waals surface area contributed by atoms with Crippen LogP contribution in [0.4, 0.5) is 5.69 Å². The number of aromatic nitrogens is 3. The second-order valence-corrected chi connectivity index (χ2v) is 6.05. The maximum Gasteiger partial charge on any atom is 0.283 e. The van der Waals surface area contributed by atoms with Crippen molar-refractivity contribution < 1.29 is 18.4 Å². The topological polar surface area (TPSA) is 103 Å². The normalized spacial score (nSPS) is 10.6. The zero-order valence-electron chi connectivity index (χ0n) is 14.5. The number of furan rings is 1. The van der Waals surface area contributed by atoms with Gasteiger partial charge in [0.25, 0.3) is 17.7 Å². The highest BCUT2D eigenvalue weighted by atomic mass is 35.5. The largest absolute Gasteiger partial charge is 0.496 e. The van der Waals surface area contributed by atoms with Crippen LogP contribution in [0.25, 0.3) is 23.2 Å². The number of anilines is 1. The van der Waals surface area contributed by atoms with Crippen molar-refractivity contribution in [2.75, 3.05) is 12.4 Å². The summed E-state index contributed by atoms with van der Waals surface area (Å²) in [5, 5.41) is 11.1. The molecule has 0 aliphatic heterocycles. The van der Waals surface area contributed by atoms with E-state index >= 15 is 0 Å². The minimum Gasteiger partial charge on any atom is -0.496 e. The van der Waals surface area contributed by atoms with Gasteiger partial charge in [0.05, 0.1) is 18.9 Å². The Morgan fingerprint density at radius 1 is 1.14 bits per heavy atom. The number of carbonyl (C=O) groups is 1. The summed E-state index contributed by atoms with van der Waals surface area (Å²) in [7, 11) is 1.48. The maximum absolute atomic E-state index is 12.6. The molecule has 140 valence electrons. The lowest BCUT2D eigenvalue weighted by molar-refractivity contribution is 0.102. The molecule has 1 aromatic carbocycles. The quantitative estimate of drug-likeness (QED) is 0.536. The molecular weight excluding hydrogens is 384 g/mol. The predicted octanol–water partition coefficient (Wildman–Crippen LogP) is 4.31. The molecule has 0 atom stereocenters. The summed E-state index contributed by atoms with van der Waals surface area (Å²) in [5.41, 5.74) is 1.21. The van der Waals surface area contributed by atoms with E-state index in [1.807, 2.05) is 0 Å². The van der Waals surface area contributed by atoms with Gasteiger partial charge in [0, 0.05) is 16.9 Å². The fourth-order valence-electron chi connectivity index (χ4n) is 2.51. The number of nitrogens with zero attached hydrogens (tertiary/aromatic N) is 3. The Morgan fingerprint density at radius 3 is 2.79 bits per heavy atom. The molecule has 0 aliphatic rings. The van der Waals surface area contributed by atoms with Gasteiger partial charge in [0.2, 0.25) is 0 Å². The summed E-state index contributed by atoms with van der Waals surface area (Å²) in [4.78, 5) is 16.8. The lowest BCUT2D eigenvalue weighted by atomic mass is 10.2. The monoisotopic (exact) mass is 396 g/mol. The summed E-state index contributed by atoms with van der Waals surface area (Å²) < 4.78 is 16.0. The van der Waals surface area contributed by atoms with Crippen LogP contribution in [-0.2, 0) is 0 Å². The molecule has 8 nitrogen and oxygen atoms in total. The third kappa shape index (κ3) is 3.58. The predicted molar refractivity (Wildman–Crippen MR) is 101 cm³/mol. The zero-order chi connectivity index (χ0) is 19.5. The molecule has 0 fully saturated rings. The van der Waals surface area contributed by atoms with Crippen LogP contribution in [0.5, 0.6) is 5.75 Å². The van der Waals surface area contributed by atoms with Gasteiger partial charge in [-0.2, -0.15) is 0 Å². The van der Waals surface area contributed by atoms with Crippen LogP contribution in [-0.4, -0.2) is 28.2 Å². The number of nitrogens with one attached hydrogen (secondary N) is 1. The number of hydrogen-bond donors (Lipinski definition) is 1. The van der Waals surface area contributed by atoms with Gasteiger partial charge in [-0.3, -0.25) is 9.78 Å². The van der Waals surface area contributed by atoms with Gasteiger partial charge in [-0.15, -0.1) is 10.2 Å². The summed E-state index contributed by atoms with van der Waals surface area (Å²) in [5.74, 6) is 0.925. The van der Waals surface area contributed by atoms with E-state index in [9.17, 15) is 4.79 Å². The maximum atomic E-state index is 12.6. The third-order valence-electron chi connectivity index (χ3n) is 3.80. The highest BCUT2D eigenvalue weighted by Gasteiger charge is 2.16. The molecule has 4 rings (SSSR count). The molecule has 0 spiro atoms. The van der Waals surface area contributed by atoms with Gasteiger partial charge in [-0.05, 0) is 42.5 Å². The van der Waals surface area contributed by atoms with Crippen molar-refractivity contribution in [3.05, 3.63) is 65.5 Å². The Bertz CT molecular complexity index is 1120. The van der Waals surface area contributed by atoms with Crippen molar-refractivity contribution >= 4 is 23.2 Å². The van der Waals surface area contributed by atoms with E-state index in [-0.39, 0.29) is 17.7 Å². The molecule has 0 radical (unpaired) electrons. The number of rotatable bonds is 5. The van der Waals surface area contributed by atoms with Gasteiger partial charge < -0.3 is 18.9 Å². The Morgan fingerprint density at radius 2 is 2.00 bits per heavy atom. The highest BCUT2D eigenvalue weighted by Crippen LogP contribution is 2.26. The van der Waals surface area contributed by atoms with Gasteiger partial charge in [0.1, 0.15) is 11.4 Å². The minimum absolute atomic E-state index is 0.197. The summed E-state index contributed by atoms with van der Waals surface area (Å²) in [6.45, 7) is 0. The number of ether oxygens (including phenoxy) is 1. The van der Waals surface area contributed by atoms with E-state index in [4.69, 9.17) is 25.2 Å². The second-order valence-electron chi connectivity index (χ2n) is 5.62. The molecule has 0 aliphatic carbocycles. The van der Waals surface area contributed by atoms with Crippen LogP contribution in [0.15, 0.2) is 63.8 Å². The highest BCUT2D eigenvalue weighted by molar-refractivity contribution is 6.31. The van der Waals surface area contributed by atoms with Crippen molar-refractivity contribution in [2.45, 2.75) is 0 Å². The Labute approximate surface area is 164 Å². The molecule has 3 heterocycles. The number of hydrogen-bond acceptors (Lipinski definition) is 7.